The van der Waals surface area contributed by atoms with Crippen molar-refractivity contribution >= 4 is 33.7 Å². The van der Waals surface area contributed by atoms with Gasteiger partial charge in [-0.05, 0) is 62.7 Å². The first-order chi connectivity index (χ1) is 15.0. The lowest BCUT2D eigenvalue weighted by molar-refractivity contribution is -0.142. The average molecular weight is 488 g/mol. The lowest BCUT2D eigenvalue weighted by atomic mass is 10.1. The minimum atomic E-state index is -3.97. The molecule has 0 saturated carbocycles. The predicted molar refractivity (Wildman–Crippen MR) is 129 cm³/mol. The molecule has 1 amide bonds. The highest BCUT2D eigenvalue weighted by molar-refractivity contribution is 7.98. The number of hydrogen-bond donors (Lipinski definition) is 3. The molecule has 0 bridgehead atoms. The van der Waals surface area contributed by atoms with E-state index in [1.807, 2.05) is 27.0 Å². The molecular weight excluding hydrogens is 450 g/mol. The summed E-state index contributed by atoms with van der Waals surface area (Å²) >= 11 is 1.62. The van der Waals surface area contributed by atoms with E-state index < -0.39 is 28.1 Å². The topological polar surface area (TPSA) is 130 Å². The number of benzene rings is 1. The number of nitrogens with zero attached hydrogens (tertiary/aromatic N) is 1. The van der Waals surface area contributed by atoms with E-state index in [1.165, 1.54) is 12.1 Å². The summed E-state index contributed by atoms with van der Waals surface area (Å²) in [5, 5.41) is 12.6. The van der Waals surface area contributed by atoms with Crippen LogP contribution in [0.15, 0.2) is 29.2 Å². The Morgan fingerprint density at radius 3 is 2.31 bits per heavy atom. The standard InChI is InChI=1S/C22H37N3O5S2/c1-16(2)15-25(32(29,30)18-10-8-17(3)9-11-18)20(22(27)28)7-5-6-13-24-21(26)19(23)12-14-31-4/h8-11,16,19-20H,5-7,12-15,23H2,1-4H3,(H,24,26)(H,27,28)/t19-,20-/m0/s1. The van der Waals surface area contributed by atoms with Crippen LogP contribution >= 0.6 is 11.8 Å². The monoisotopic (exact) mass is 487 g/mol. The summed E-state index contributed by atoms with van der Waals surface area (Å²) in [5.74, 6) is -0.642. The highest BCUT2D eigenvalue weighted by Crippen LogP contribution is 2.23. The number of hydrogen-bond acceptors (Lipinski definition) is 6. The number of amides is 1. The number of carboxylic acids is 1. The van der Waals surface area contributed by atoms with Crippen LogP contribution in [0.1, 0.15) is 45.1 Å². The van der Waals surface area contributed by atoms with Crippen molar-refractivity contribution in [1.29, 1.82) is 0 Å². The van der Waals surface area contributed by atoms with Crippen LogP contribution in [0, 0.1) is 12.8 Å². The highest BCUT2D eigenvalue weighted by atomic mass is 32.2. The average Bonchev–Trinajstić information content (AvgIpc) is 2.72. The minimum Gasteiger partial charge on any atom is -0.480 e. The fourth-order valence-electron chi connectivity index (χ4n) is 3.17. The molecule has 8 nitrogen and oxygen atoms in total. The van der Waals surface area contributed by atoms with Gasteiger partial charge >= 0.3 is 5.97 Å². The molecule has 0 aliphatic heterocycles. The van der Waals surface area contributed by atoms with Gasteiger partial charge in [0.25, 0.3) is 0 Å². The number of nitrogens with two attached hydrogens (primary N) is 1. The SMILES string of the molecule is CSCC[C@H](N)C(=O)NCCCC[C@@H](C(=O)O)N(CC(C)C)S(=O)(=O)c1ccc(C)cc1. The molecule has 0 aliphatic rings. The van der Waals surface area contributed by atoms with Gasteiger partial charge in [-0.1, -0.05) is 31.5 Å². The Morgan fingerprint density at radius 2 is 1.78 bits per heavy atom. The molecule has 0 heterocycles. The van der Waals surface area contributed by atoms with Crippen molar-refractivity contribution in [1.82, 2.24) is 9.62 Å². The Kier molecular flexibility index (Phi) is 12.3. The van der Waals surface area contributed by atoms with Crippen molar-refractivity contribution in [3.63, 3.8) is 0 Å². The van der Waals surface area contributed by atoms with E-state index in [4.69, 9.17) is 5.73 Å². The van der Waals surface area contributed by atoms with Crippen molar-refractivity contribution in [2.75, 3.05) is 25.1 Å². The van der Waals surface area contributed by atoms with Crippen molar-refractivity contribution in [3.05, 3.63) is 29.8 Å². The lowest BCUT2D eigenvalue weighted by Crippen LogP contribution is -2.46. The van der Waals surface area contributed by atoms with Gasteiger partial charge in [0.15, 0.2) is 0 Å². The maximum Gasteiger partial charge on any atom is 0.322 e. The Bertz CT molecular complexity index is 828. The van der Waals surface area contributed by atoms with Crippen molar-refractivity contribution in [3.8, 4) is 0 Å². The summed E-state index contributed by atoms with van der Waals surface area (Å²) in [6, 6.07) is 4.67. The number of aryl methyl sites for hydroxylation is 1. The van der Waals surface area contributed by atoms with Crippen LogP contribution < -0.4 is 11.1 Å². The summed E-state index contributed by atoms with van der Waals surface area (Å²) in [7, 11) is -3.97. The Labute approximate surface area is 196 Å². The van der Waals surface area contributed by atoms with Gasteiger partial charge in [0.1, 0.15) is 6.04 Å². The van der Waals surface area contributed by atoms with E-state index in [2.05, 4.69) is 5.32 Å². The van der Waals surface area contributed by atoms with Gasteiger partial charge in [-0.3, -0.25) is 9.59 Å². The summed E-state index contributed by atoms with van der Waals surface area (Å²) in [6.07, 6.45) is 3.68. The van der Waals surface area contributed by atoms with Gasteiger partial charge in [0.2, 0.25) is 15.9 Å². The van der Waals surface area contributed by atoms with Crippen LogP contribution in [-0.2, 0) is 19.6 Å². The van der Waals surface area contributed by atoms with Crippen molar-refractivity contribution in [2.45, 2.75) is 63.4 Å². The van der Waals surface area contributed by atoms with Gasteiger partial charge in [0.05, 0.1) is 10.9 Å². The Morgan fingerprint density at radius 1 is 1.16 bits per heavy atom. The van der Waals surface area contributed by atoms with Gasteiger partial charge in [-0.15, -0.1) is 0 Å². The van der Waals surface area contributed by atoms with E-state index in [1.54, 1.807) is 23.9 Å². The fraction of sp³-hybridized carbons (Fsp3) is 0.636. The predicted octanol–water partition coefficient (Wildman–Crippen LogP) is 2.46. The molecular formula is C22H37N3O5S2. The molecule has 0 aliphatic carbocycles. The quantitative estimate of drug-likeness (QED) is 0.324. The number of thioether (sulfide) groups is 1. The number of rotatable bonds is 15. The van der Waals surface area contributed by atoms with E-state index in [0.29, 0.717) is 25.8 Å². The maximum absolute atomic E-state index is 13.3. The minimum absolute atomic E-state index is 0.0425. The smallest absolute Gasteiger partial charge is 0.322 e. The van der Waals surface area contributed by atoms with Crippen LogP contribution in [0.4, 0.5) is 0 Å². The van der Waals surface area contributed by atoms with E-state index in [0.717, 1.165) is 15.6 Å². The molecule has 4 N–H and O–H groups in total. The van der Waals surface area contributed by atoms with Crippen molar-refractivity contribution in [2.24, 2.45) is 11.7 Å². The molecule has 182 valence electrons. The number of carbonyl (C=O) groups excluding carboxylic acids is 1. The zero-order valence-corrected chi connectivity index (χ0v) is 21.0. The fourth-order valence-corrected chi connectivity index (χ4v) is 5.44. The summed E-state index contributed by atoms with van der Waals surface area (Å²) < 4.78 is 27.6. The number of carboxylic acid groups (broad SMARTS) is 1. The summed E-state index contributed by atoms with van der Waals surface area (Å²) in [5.41, 5.74) is 6.75. The molecule has 0 saturated heterocycles. The zero-order chi connectivity index (χ0) is 24.3. The third-order valence-electron chi connectivity index (χ3n) is 4.98. The van der Waals surface area contributed by atoms with Crippen LogP contribution in [0.25, 0.3) is 0 Å². The molecule has 1 aromatic rings. The van der Waals surface area contributed by atoms with Gasteiger partial charge in [-0.2, -0.15) is 16.1 Å². The maximum atomic E-state index is 13.3. The third-order valence-corrected chi connectivity index (χ3v) is 7.51. The zero-order valence-electron chi connectivity index (χ0n) is 19.4. The molecule has 0 unspecified atom stereocenters. The van der Waals surface area contributed by atoms with Gasteiger partial charge in [0, 0.05) is 13.1 Å². The van der Waals surface area contributed by atoms with E-state index in [9.17, 15) is 23.1 Å². The van der Waals surface area contributed by atoms with E-state index >= 15 is 0 Å². The van der Waals surface area contributed by atoms with E-state index in [-0.39, 0.29) is 29.7 Å². The molecule has 0 spiro atoms. The largest absolute Gasteiger partial charge is 0.480 e. The third kappa shape index (κ3) is 9.09. The summed E-state index contributed by atoms with van der Waals surface area (Å²) in [6.45, 7) is 6.04. The molecule has 0 fully saturated rings. The molecule has 1 rings (SSSR count). The number of aliphatic carboxylic acids is 1. The number of carbonyl (C=O) groups is 2. The van der Waals surface area contributed by atoms with Crippen LogP contribution in [-0.4, -0.2) is 66.9 Å². The Balaban J connectivity index is 2.81. The van der Waals surface area contributed by atoms with Gasteiger partial charge < -0.3 is 16.2 Å². The molecule has 1 aromatic carbocycles. The number of sulfonamides is 1. The molecule has 32 heavy (non-hydrogen) atoms. The van der Waals surface area contributed by atoms with Crippen molar-refractivity contribution < 1.29 is 23.1 Å². The number of unbranched alkanes of at least 4 members (excludes halogenated alkanes) is 1. The molecule has 10 heteroatoms. The van der Waals surface area contributed by atoms with Crippen LogP contribution in [0.2, 0.25) is 0 Å². The second-order valence-electron chi connectivity index (χ2n) is 8.31. The second kappa shape index (κ2) is 13.8. The highest BCUT2D eigenvalue weighted by Gasteiger charge is 2.35. The first-order valence-corrected chi connectivity index (χ1v) is 13.7. The lowest BCUT2D eigenvalue weighted by Gasteiger charge is -2.29. The Hall–Kier alpha value is -1.62. The number of nitrogens with one attached hydrogen (secondary N) is 1. The normalized spacial score (nSPS) is 13.8. The summed E-state index contributed by atoms with van der Waals surface area (Å²) in [4.78, 5) is 24.1. The molecule has 0 radical (unpaired) electrons. The second-order valence-corrected chi connectivity index (χ2v) is 11.2. The van der Waals surface area contributed by atoms with Crippen LogP contribution in [0.5, 0.6) is 0 Å². The van der Waals surface area contributed by atoms with Gasteiger partial charge in [-0.25, -0.2) is 8.42 Å². The first-order valence-electron chi connectivity index (χ1n) is 10.8. The molecule has 2 atom stereocenters. The molecule has 0 aromatic heterocycles. The van der Waals surface area contributed by atoms with Crippen LogP contribution in [0.3, 0.4) is 0 Å². The first kappa shape index (κ1) is 28.4.